The van der Waals surface area contributed by atoms with E-state index in [0.29, 0.717) is 0 Å². The number of aliphatic hydroxyl groups is 21. The summed E-state index contributed by atoms with van der Waals surface area (Å²) in [7, 11) is 0. The molecule has 0 spiro atoms. The van der Waals surface area contributed by atoms with Crippen LogP contribution in [0.4, 0.5) is 0 Å². The summed E-state index contributed by atoms with van der Waals surface area (Å²) in [6.07, 6.45) is -74.1. The first-order valence-electron chi connectivity index (χ1n) is 29.7. The molecule has 8 heterocycles. The van der Waals surface area contributed by atoms with Crippen LogP contribution in [0.1, 0.15) is 34.6 Å². The van der Waals surface area contributed by atoms with E-state index < -0.39 is 290 Å². The van der Waals surface area contributed by atoms with Crippen LogP contribution in [-0.4, -0.2) is 398 Å². The molecule has 8 aliphatic rings. The quantitative estimate of drug-likeness (QED) is 0.0507. The maximum Gasteiger partial charge on any atom is 0.217 e. The van der Waals surface area contributed by atoms with Gasteiger partial charge in [0.25, 0.3) is 0 Å². The maximum atomic E-state index is 13.4. The van der Waals surface area contributed by atoms with Gasteiger partial charge in [0.15, 0.2) is 50.3 Å². The van der Waals surface area contributed by atoms with E-state index in [4.69, 9.17) is 71.1 Å². The summed E-state index contributed by atoms with van der Waals surface area (Å²) < 4.78 is 89.5. The molecular formula is C52H88N2O38. The number of rotatable bonds is 21. The predicted octanol–water partition coefficient (Wildman–Crippen LogP) is -15.1. The summed E-state index contributed by atoms with van der Waals surface area (Å²) in [5.41, 5.74) is 0. The zero-order valence-corrected chi connectivity index (χ0v) is 50.0. The van der Waals surface area contributed by atoms with Crippen LogP contribution in [0, 0.1) is 0 Å². The normalized spacial score (nSPS) is 52.1. The summed E-state index contributed by atoms with van der Waals surface area (Å²) in [6, 6.07) is -3.84. The Morgan fingerprint density at radius 1 is 0.283 bits per heavy atom. The molecule has 40 nitrogen and oxygen atoms in total. The number of ether oxygens (including phenoxy) is 15. The van der Waals surface area contributed by atoms with Gasteiger partial charge in [-0.1, -0.05) is 0 Å². The Morgan fingerprint density at radius 2 is 0.576 bits per heavy atom. The maximum absolute atomic E-state index is 13.4. The highest BCUT2D eigenvalue weighted by Crippen LogP contribution is 2.40. The second-order valence-electron chi connectivity index (χ2n) is 23.8. The molecule has 0 aliphatic carbocycles. The lowest BCUT2D eigenvalue weighted by molar-refractivity contribution is -0.403. The van der Waals surface area contributed by atoms with Crippen LogP contribution in [0.15, 0.2) is 0 Å². The molecule has 0 aromatic heterocycles. The van der Waals surface area contributed by atoms with E-state index in [1.54, 1.807) is 0 Å². The van der Waals surface area contributed by atoms with Crippen molar-refractivity contribution in [2.45, 2.75) is 280 Å². The van der Waals surface area contributed by atoms with Gasteiger partial charge in [-0.15, -0.1) is 0 Å². The Morgan fingerprint density at radius 3 is 0.957 bits per heavy atom. The van der Waals surface area contributed by atoms with Gasteiger partial charge < -0.3 is 189 Å². The average molecular weight is 1350 g/mol. The van der Waals surface area contributed by atoms with E-state index in [1.807, 2.05) is 0 Å². The molecule has 40 heteroatoms. The first-order valence-corrected chi connectivity index (χ1v) is 29.7. The molecule has 0 bridgehead atoms. The smallest absolute Gasteiger partial charge is 0.217 e. The molecule has 0 aromatic carbocycles. The number of carbonyl (C=O) groups is 2. The SMILES string of the molecule is CC(=O)N[C@H]1[C@H](O[C@H]2[C@@H](O)[C@@H](CO)OC(O)[C@@H]2O)O[C@H](CO)[C@@H](O[C@@H]2O[C@H](CO)[C@H](O)[C@H](O[C@@H]3O[C@H](CO)[C@@H](O[C@@H]4O[C@H](CO)[C@H](O)[C@H](O)[C@H]4O[C@@H]4O[C@@H](C)[C@@H](O)[C@@H](O)[C@@H]4O)[C@H](O[C@@H]4O[C@@H](C)[C@@H](O)[C@@H](O)[C@@H]4O)[C@H]3NC(C)=O)[C@H]2O)[C@@H]1O[C@@H]1O[C@@H](C)[C@@H](O)[C@@H](O)[C@@H]1O. The molecule has 0 radical (unpaired) electrons. The van der Waals surface area contributed by atoms with Crippen molar-refractivity contribution in [3.05, 3.63) is 0 Å². The molecule has 8 saturated heterocycles. The van der Waals surface area contributed by atoms with Crippen molar-refractivity contribution in [1.29, 1.82) is 0 Å². The highest BCUT2D eigenvalue weighted by Gasteiger charge is 2.61. The molecule has 23 N–H and O–H groups in total. The summed E-state index contributed by atoms with van der Waals surface area (Å²) in [4.78, 5) is 26.5. The molecular weight excluding hydrogens is 1260 g/mol. The number of hydrogen-bond acceptors (Lipinski definition) is 38. The van der Waals surface area contributed by atoms with Crippen LogP contribution >= 0.6 is 0 Å². The van der Waals surface area contributed by atoms with Crippen LogP contribution in [0.3, 0.4) is 0 Å². The molecule has 8 rings (SSSR count). The fourth-order valence-corrected chi connectivity index (χ4v) is 12.1. The minimum Gasteiger partial charge on any atom is -0.394 e. The monoisotopic (exact) mass is 1350 g/mol. The lowest BCUT2D eigenvalue weighted by Gasteiger charge is -2.52. The van der Waals surface area contributed by atoms with Crippen molar-refractivity contribution >= 4 is 11.8 Å². The Kier molecular flexibility index (Phi) is 26.2. The summed E-state index contributed by atoms with van der Waals surface area (Å²) in [6.45, 7) is 0.301. The van der Waals surface area contributed by atoms with Gasteiger partial charge in [0.2, 0.25) is 11.8 Å². The second kappa shape index (κ2) is 32.0. The van der Waals surface area contributed by atoms with Gasteiger partial charge in [-0.05, 0) is 20.8 Å². The van der Waals surface area contributed by atoms with Crippen LogP contribution in [0.2, 0.25) is 0 Å². The van der Waals surface area contributed by atoms with Crippen molar-refractivity contribution in [2.75, 3.05) is 33.0 Å². The molecule has 534 valence electrons. The number of carbonyl (C=O) groups excluding carboxylic acids is 2. The minimum atomic E-state index is -2.42. The molecule has 8 aliphatic heterocycles. The predicted molar refractivity (Wildman–Crippen MR) is 283 cm³/mol. The van der Waals surface area contributed by atoms with Crippen molar-refractivity contribution in [3.8, 4) is 0 Å². The Bertz CT molecular complexity index is 2330. The van der Waals surface area contributed by atoms with Gasteiger partial charge in [-0.2, -0.15) is 0 Å². The number of nitrogens with one attached hydrogen (secondary N) is 2. The van der Waals surface area contributed by atoms with Crippen molar-refractivity contribution in [2.24, 2.45) is 0 Å². The van der Waals surface area contributed by atoms with Gasteiger partial charge in [-0.25, -0.2) is 0 Å². The van der Waals surface area contributed by atoms with Gasteiger partial charge in [0, 0.05) is 13.8 Å². The summed E-state index contributed by atoms with van der Waals surface area (Å²) in [5, 5.41) is 235. The molecule has 1 unspecified atom stereocenters. The topological polar surface area (TPSA) is 621 Å². The Hall–Kier alpha value is -2.50. The highest BCUT2D eigenvalue weighted by atomic mass is 16.8. The van der Waals surface area contributed by atoms with Crippen LogP contribution < -0.4 is 10.6 Å². The first kappa shape index (κ1) is 75.3. The zero-order chi connectivity index (χ0) is 67.8. The van der Waals surface area contributed by atoms with E-state index in [0.717, 1.165) is 13.8 Å². The van der Waals surface area contributed by atoms with Crippen molar-refractivity contribution < 1.29 is 188 Å². The standard InChI is InChI=1S/C52H88N2O38/c1-11-23(62)29(68)33(72)48(78-11)88-40-21(53-14(4)60)46(90-42-27(66)17(7-56)81-45(77)36(42)75)84-19(9-58)38(40)86-51-37(76)43(28(67)18(8-57)82-51)91-47-22(54-15(5)61)41(89-49-34(73)30(69)24(63)12(2)79-49)39(20(10-59)85-47)87-52-44(32(71)26(65)16(6-55)83-52)92-50-35(74)31(70)25(64)13(3)80-50/h11-13,16-52,55-59,62-77H,6-10H2,1-5H3,(H,53,60)(H,54,61)/t11-,12-,13-,16+,17+,18+,19+,20+,21+,22+,23+,24+,25+,26-,27-,28-,29+,30+,31+,32-,33-,34-,35-,36+,37+,38+,39+,40+,41+,42-,43-,44+,45?,46-,47-,48-,49-,50-,51-,52-/m0/s1. The van der Waals surface area contributed by atoms with E-state index in [2.05, 4.69) is 10.6 Å². The zero-order valence-electron chi connectivity index (χ0n) is 50.0. The third-order valence-electron chi connectivity index (χ3n) is 17.3. The van der Waals surface area contributed by atoms with Crippen LogP contribution in [0.25, 0.3) is 0 Å². The minimum absolute atomic E-state index is 0.913. The molecule has 0 aromatic rings. The largest absolute Gasteiger partial charge is 0.394 e. The summed E-state index contributed by atoms with van der Waals surface area (Å²) >= 11 is 0. The van der Waals surface area contributed by atoms with Crippen molar-refractivity contribution in [1.82, 2.24) is 10.6 Å². The van der Waals surface area contributed by atoms with E-state index in [1.165, 1.54) is 20.8 Å². The number of aliphatic hydroxyl groups excluding tert-OH is 21. The number of amides is 2. The third kappa shape index (κ3) is 15.8. The highest BCUT2D eigenvalue weighted by molar-refractivity contribution is 5.73. The molecule has 0 saturated carbocycles. The molecule has 2 amide bonds. The van der Waals surface area contributed by atoms with E-state index in [9.17, 15) is 117 Å². The number of hydrogen-bond donors (Lipinski definition) is 23. The first-order chi connectivity index (χ1) is 43.4. The lowest BCUT2D eigenvalue weighted by Crippen LogP contribution is -2.72. The van der Waals surface area contributed by atoms with Gasteiger partial charge in [-0.3, -0.25) is 9.59 Å². The fraction of sp³-hybridized carbons (Fsp3) is 0.962. The van der Waals surface area contributed by atoms with Crippen LogP contribution in [0.5, 0.6) is 0 Å². The third-order valence-corrected chi connectivity index (χ3v) is 17.3. The average Bonchev–Trinajstić information content (AvgIpc) is 0.765. The van der Waals surface area contributed by atoms with Gasteiger partial charge in [0.05, 0.1) is 51.3 Å². The molecule has 40 atom stereocenters. The summed E-state index contributed by atoms with van der Waals surface area (Å²) in [5.74, 6) is -1.88. The molecule has 8 fully saturated rings. The fourth-order valence-electron chi connectivity index (χ4n) is 12.1. The van der Waals surface area contributed by atoms with E-state index in [-0.39, 0.29) is 0 Å². The Labute approximate surface area is 522 Å². The van der Waals surface area contributed by atoms with Gasteiger partial charge in [0.1, 0.15) is 177 Å². The lowest BCUT2D eigenvalue weighted by atomic mass is 9.93. The van der Waals surface area contributed by atoms with Crippen molar-refractivity contribution in [3.63, 3.8) is 0 Å². The van der Waals surface area contributed by atoms with E-state index >= 15 is 0 Å². The second-order valence-corrected chi connectivity index (χ2v) is 23.8. The van der Waals surface area contributed by atoms with Gasteiger partial charge >= 0.3 is 0 Å². The molecule has 92 heavy (non-hydrogen) atoms. The van der Waals surface area contributed by atoms with Crippen LogP contribution in [-0.2, 0) is 80.6 Å². The Balaban J connectivity index is 1.16.